The minimum Gasteiger partial charge on any atom is -0.375 e. The number of benzene rings is 1. The summed E-state index contributed by atoms with van der Waals surface area (Å²) in [5, 5.41) is 9.27. The fourth-order valence-corrected chi connectivity index (χ4v) is 4.86. The summed E-state index contributed by atoms with van der Waals surface area (Å²) in [7, 11) is -6.03. The molecule has 0 spiro atoms. The number of hydrogen-bond acceptors (Lipinski definition) is 5. The van der Waals surface area contributed by atoms with E-state index in [4.69, 9.17) is 0 Å². The highest BCUT2D eigenvalue weighted by atomic mass is 32.2. The number of nitrogens with zero attached hydrogens (tertiary/aromatic N) is 2. The summed E-state index contributed by atoms with van der Waals surface area (Å²) in [5.74, 6) is -3.31. The number of piperidine rings is 1. The van der Waals surface area contributed by atoms with Crippen molar-refractivity contribution >= 4 is 16.0 Å². The normalized spacial score (nSPS) is 26.1. The third-order valence-electron chi connectivity index (χ3n) is 6.21. The van der Waals surface area contributed by atoms with Crippen LogP contribution in [0.15, 0.2) is 12.1 Å². The van der Waals surface area contributed by atoms with Gasteiger partial charge in [0.25, 0.3) is 0 Å². The lowest BCUT2D eigenvalue weighted by molar-refractivity contribution is -0.192. The Morgan fingerprint density at radius 3 is 2.39 bits per heavy atom. The zero-order valence-electron chi connectivity index (χ0n) is 16.1. The Morgan fingerprint density at radius 1 is 1.26 bits per heavy atom. The Kier molecular flexibility index (Phi) is 5.24. The third kappa shape index (κ3) is 3.71. The number of carbonyl (C=O) groups is 1. The molecular formula is C18H16F6N2O4S. The first kappa shape index (κ1) is 23.2. The maximum atomic E-state index is 13.0. The first-order valence-electron chi connectivity index (χ1n) is 8.99. The highest BCUT2D eigenvalue weighted by Gasteiger charge is 2.54. The molecule has 1 saturated heterocycles. The summed E-state index contributed by atoms with van der Waals surface area (Å²) in [6, 6.07) is 2.84. The van der Waals surface area contributed by atoms with E-state index in [1.165, 1.54) is 0 Å². The van der Waals surface area contributed by atoms with Crippen LogP contribution in [0.3, 0.4) is 0 Å². The molecule has 1 unspecified atom stereocenters. The molecular weight excluding hydrogens is 454 g/mol. The molecule has 0 radical (unpaired) electrons. The molecule has 1 aromatic carbocycles. The van der Waals surface area contributed by atoms with Gasteiger partial charge in [-0.2, -0.15) is 40.0 Å². The quantitative estimate of drug-likeness (QED) is 0.376. The van der Waals surface area contributed by atoms with Crippen LogP contribution in [0.25, 0.3) is 0 Å². The van der Waals surface area contributed by atoms with Crippen molar-refractivity contribution in [2.75, 3.05) is 6.54 Å². The number of alkyl halides is 6. The number of likely N-dealkylation sites (tertiary alicyclic amines) is 1. The maximum absolute atomic E-state index is 13.0. The Balaban J connectivity index is 2.09. The van der Waals surface area contributed by atoms with Crippen molar-refractivity contribution in [3.05, 3.63) is 28.8 Å². The number of hydrogen-bond donors (Lipinski definition) is 0. The molecule has 170 valence electrons. The van der Waals surface area contributed by atoms with Crippen LogP contribution < -0.4 is 4.18 Å². The van der Waals surface area contributed by atoms with E-state index >= 15 is 0 Å². The van der Waals surface area contributed by atoms with Crippen molar-refractivity contribution in [2.24, 2.45) is 5.92 Å². The topological polar surface area (TPSA) is 87.5 Å². The highest BCUT2D eigenvalue weighted by Crippen LogP contribution is 2.50. The van der Waals surface area contributed by atoms with Gasteiger partial charge in [-0.25, -0.2) is 0 Å². The molecule has 1 aliphatic carbocycles. The number of nitriles is 1. The lowest BCUT2D eigenvalue weighted by atomic mass is 9.59. The molecule has 0 N–H and O–H groups in total. The minimum absolute atomic E-state index is 0.0524. The second-order valence-electron chi connectivity index (χ2n) is 7.82. The van der Waals surface area contributed by atoms with Gasteiger partial charge in [-0.15, -0.1) is 0 Å². The fourth-order valence-electron chi connectivity index (χ4n) is 4.39. The lowest BCUT2D eigenvalue weighted by Crippen LogP contribution is -2.61. The fraction of sp³-hybridized carbons (Fsp3) is 0.556. The van der Waals surface area contributed by atoms with E-state index in [0.717, 1.165) is 17.0 Å². The van der Waals surface area contributed by atoms with Crippen molar-refractivity contribution in [1.29, 1.82) is 5.26 Å². The Morgan fingerprint density at radius 2 is 1.87 bits per heavy atom. The lowest BCUT2D eigenvalue weighted by Gasteiger charge is -2.54. The molecule has 1 fully saturated rings. The smallest absolute Gasteiger partial charge is 0.375 e. The zero-order valence-corrected chi connectivity index (χ0v) is 17.0. The van der Waals surface area contributed by atoms with Crippen molar-refractivity contribution in [2.45, 2.75) is 49.8 Å². The van der Waals surface area contributed by atoms with Crippen LogP contribution in [0.5, 0.6) is 5.75 Å². The molecule has 0 aromatic heterocycles. The predicted octanol–water partition coefficient (Wildman–Crippen LogP) is 3.40. The molecule has 31 heavy (non-hydrogen) atoms. The van der Waals surface area contributed by atoms with E-state index < -0.39 is 56.4 Å². The average Bonchev–Trinajstić information content (AvgIpc) is 2.62. The molecule has 1 heterocycles. The van der Waals surface area contributed by atoms with Gasteiger partial charge in [0, 0.05) is 12.6 Å². The standard InChI is InChI=1S/C18H16F6N2O4S/c1-9-13-6-10-5-11(8-25)14(30-31(28,29)18(22,23)24)7-12(10)16(9,2)3-4-26(13)15(27)17(19,20)21/h5,7,9,13H,3-4,6H2,1-2H3/t9-,13+,16?/m0/s1. The van der Waals surface area contributed by atoms with Gasteiger partial charge in [-0.05, 0) is 47.4 Å². The number of rotatable bonds is 2. The van der Waals surface area contributed by atoms with Crippen molar-refractivity contribution in [1.82, 2.24) is 4.90 Å². The summed E-state index contributed by atoms with van der Waals surface area (Å²) in [6.07, 6.45) is -5.08. The monoisotopic (exact) mass is 470 g/mol. The van der Waals surface area contributed by atoms with Crippen molar-refractivity contribution in [3.8, 4) is 11.8 Å². The van der Waals surface area contributed by atoms with E-state index in [2.05, 4.69) is 4.18 Å². The molecule has 3 atom stereocenters. The van der Waals surface area contributed by atoms with Gasteiger partial charge in [0.15, 0.2) is 5.75 Å². The van der Waals surface area contributed by atoms with Crippen LogP contribution in [0.2, 0.25) is 0 Å². The highest BCUT2D eigenvalue weighted by molar-refractivity contribution is 7.88. The van der Waals surface area contributed by atoms with E-state index in [1.807, 2.05) is 0 Å². The van der Waals surface area contributed by atoms with Gasteiger partial charge >= 0.3 is 27.7 Å². The first-order chi connectivity index (χ1) is 14.0. The molecule has 1 aliphatic heterocycles. The van der Waals surface area contributed by atoms with Crippen LogP contribution in [-0.2, 0) is 26.7 Å². The number of amides is 1. The van der Waals surface area contributed by atoms with Crippen molar-refractivity contribution < 1.29 is 43.7 Å². The summed E-state index contributed by atoms with van der Waals surface area (Å²) in [5.41, 5.74) is -6.38. The molecule has 2 bridgehead atoms. The van der Waals surface area contributed by atoms with E-state index in [-0.39, 0.29) is 19.4 Å². The van der Waals surface area contributed by atoms with Gasteiger partial charge in [0.2, 0.25) is 0 Å². The molecule has 6 nitrogen and oxygen atoms in total. The summed E-state index contributed by atoms with van der Waals surface area (Å²) in [6.45, 7) is 3.06. The van der Waals surface area contributed by atoms with Crippen molar-refractivity contribution in [3.63, 3.8) is 0 Å². The van der Waals surface area contributed by atoms with Gasteiger partial charge in [-0.1, -0.05) is 13.8 Å². The molecule has 13 heteroatoms. The summed E-state index contributed by atoms with van der Waals surface area (Å²) in [4.78, 5) is 12.6. The van der Waals surface area contributed by atoms with Gasteiger partial charge in [0.05, 0.1) is 5.56 Å². The SMILES string of the molecule is C[C@H]1[C@H]2Cc3cc(C#N)c(OS(=O)(=O)C(F)(F)F)cc3C1(C)CCN2C(=O)C(F)(F)F. The third-order valence-corrected chi connectivity index (χ3v) is 7.18. The van der Waals surface area contributed by atoms with Gasteiger partial charge < -0.3 is 9.08 Å². The molecule has 0 saturated carbocycles. The predicted molar refractivity (Wildman–Crippen MR) is 93.2 cm³/mol. The van der Waals surface area contributed by atoms with E-state index in [0.29, 0.717) is 11.1 Å². The summed E-state index contributed by atoms with van der Waals surface area (Å²) >= 11 is 0. The van der Waals surface area contributed by atoms with Gasteiger partial charge in [-0.3, -0.25) is 4.79 Å². The molecule has 1 aromatic rings. The first-order valence-corrected chi connectivity index (χ1v) is 10.4. The van der Waals surface area contributed by atoms with E-state index in [9.17, 15) is 44.8 Å². The van der Waals surface area contributed by atoms with Crippen LogP contribution in [0.4, 0.5) is 26.3 Å². The Hall–Kier alpha value is -2.49. The van der Waals surface area contributed by atoms with E-state index in [1.54, 1.807) is 19.9 Å². The second kappa shape index (κ2) is 7.01. The largest absolute Gasteiger partial charge is 0.534 e. The van der Waals surface area contributed by atoms with Crippen LogP contribution >= 0.6 is 0 Å². The minimum atomic E-state index is -6.03. The van der Waals surface area contributed by atoms with Crippen LogP contribution in [0.1, 0.15) is 37.0 Å². The average molecular weight is 470 g/mol. The Bertz CT molecular complexity index is 1080. The maximum Gasteiger partial charge on any atom is 0.534 e. The van der Waals surface area contributed by atoms with Crippen LogP contribution in [-0.4, -0.2) is 43.5 Å². The van der Waals surface area contributed by atoms with Gasteiger partial charge in [0.1, 0.15) is 6.07 Å². The van der Waals surface area contributed by atoms with Crippen LogP contribution in [0, 0.1) is 17.2 Å². The number of carbonyl (C=O) groups excluding carboxylic acids is 1. The molecule has 3 rings (SSSR count). The number of halogens is 6. The Labute approximate surface area is 173 Å². The molecule has 1 amide bonds. The number of fused-ring (bicyclic) bond motifs is 4. The zero-order chi connectivity index (χ0) is 23.6. The second-order valence-corrected chi connectivity index (χ2v) is 9.36. The molecule has 2 aliphatic rings. The summed E-state index contributed by atoms with van der Waals surface area (Å²) < 4.78 is 104.